The molecule has 11 rings (SSSR count). The summed E-state index contributed by atoms with van der Waals surface area (Å²) < 4.78 is 260. The van der Waals surface area contributed by atoms with Gasteiger partial charge in [-0.15, -0.1) is 11.3 Å². The normalized spacial score (nSPS) is 20.7. The predicted molar refractivity (Wildman–Crippen MR) is 219 cm³/mol. The average molecular weight is 710 g/mol. The van der Waals surface area contributed by atoms with Gasteiger partial charge < -0.3 is 9.32 Å². The van der Waals surface area contributed by atoms with E-state index in [4.69, 9.17) is 25.0 Å². The predicted octanol–water partition coefficient (Wildman–Crippen LogP) is 13.8. The van der Waals surface area contributed by atoms with E-state index in [1.165, 1.54) is 6.07 Å². The first-order chi connectivity index (χ1) is 37.4. The van der Waals surface area contributed by atoms with Crippen molar-refractivity contribution in [1.82, 2.24) is 0 Å². The maximum absolute atomic E-state index is 10.0. The minimum Gasteiger partial charge on any atom is -0.456 e. The van der Waals surface area contributed by atoms with Gasteiger partial charge in [0.1, 0.15) is 11.2 Å². The van der Waals surface area contributed by atoms with Gasteiger partial charge in [-0.05, 0) is 81.7 Å². The summed E-state index contributed by atoms with van der Waals surface area (Å²) in [4.78, 5) is 0.782. The lowest BCUT2D eigenvalue weighted by Gasteiger charge is -2.34. The fourth-order valence-corrected chi connectivity index (χ4v) is 7.76. The van der Waals surface area contributed by atoms with Crippen molar-refractivity contribution >= 4 is 70.5 Å². The number of rotatable bonds is 5. The number of fused-ring (bicyclic) bond motifs is 9. The molecule has 52 heavy (non-hydrogen) atoms. The summed E-state index contributed by atoms with van der Waals surface area (Å²) in [6.45, 7) is 0. The molecule has 2 heterocycles. The van der Waals surface area contributed by atoms with Crippen molar-refractivity contribution in [1.29, 1.82) is 0 Å². The van der Waals surface area contributed by atoms with Crippen molar-refractivity contribution in [2.24, 2.45) is 0 Å². The number of benzene rings is 8. The average Bonchev–Trinajstić information content (AvgIpc) is 4.12. The summed E-state index contributed by atoms with van der Waals surface area (Å²) in [5.74, 6) is 0. The third-order valence-corrected chi connectivity index (χ3v) is 9.97. The molecule has 3 heteroatoms. The summed E-state index contributed by atoms with van der Waals surface area (Å²) in [7, 11) is 0. The smallest absolute Gasteiger partial charge is 0.137 e. The Kier molecular flexibility index (Phi) is 2.82. The highest BCUT2D eigenvalue weighted by molar-refractivity contribution is 7.25. The van der Waals surface area contributed by atoms with Crippen molar-refractivity contribution in [3.63, 3.8) is 0 Å². The van der Waals surface area contributed by atoms with Crippen molar-refractivity contribution in [3.05, 3.63) is 210 Å². The van der Waals surface area contributed by atoms with Crippen LogP contribution in [0.15, 0.2) is 192 Å². The lowest BCUT2D eigenvalue weighted by atomic mass is 9.68. The molecule has 0 aliphatic heterocycles. The van der Waals surface area contributed by atoms with Gasteiger partial charge in [0.15, 0.2) is 0 Å². The van der Waals surface area contributed by atoms with Crippen molar-refractivity contribution in [2.75, 3.05) is 4.90 Å². The maximum atomic E-state index is 10.0. The van der Waals surface area contributed by atoms with E-state index >= 15 is 0 Å². The number of para-hydroxylation sites is 1. The first-order valence-corrected chi connectivity index (χ1v) is 16.3. The molecule has 2 nitrogen and oxygen atoms in total. The van der Waals surface area contributed by atoms with E-state index in [2.05, 4.69) is 0 Å². The second kappa shape index (κ2) is 11.3. The number of nitrogens with zero attached hydrogens (tertiary/aromatic N) is 1. The van der Waals surface area contributed by atoms with E-state index in [0.29, 0.717) is 0 Å². The maximum Gasteiger partial charge on any atom is 0.137 e. The van der Waals surface area contributed by atoms with Crippen molar-refractivity contribution < 1.29 is 42.8 Å². The molecule has 1 aliphatic rings. The molecule has 0 spiro atoms. The zero-order valence-electron chi connectivity index (χ0n) is 54.0. The standard InChI is InChI=1S/C49H31NOS/c1-2-12-32(13-3-1)49(43-18-8-4-14-37(43)38-15-5-9-19-44(38)49)33-22-24-34(25-23-33)50(35-26-28-40-39-16-6-10-20-45(39)51-46(40)30-35)36-27-29-42-41-17-7-11-21-47(41)52-48(42)31-36/h1-31H/i1D,2D,3D,4D,5D,6D,7D,8D,9D,10D,11D,12D,13D,14D,15D,16D,17D,18D,19D,20D,21D,24D,25D,26D,27D,28D,29D,30D. The minimum absolute atomic E-state index is 0.00267. The van der Waals surface area contributed by atoms with Crippen LogP contribution in [0.1, 0.15) is 60.6 Å². The van der Waals surface area contributed by atoms with Crippen LogP contribution in [0.5, 0.6) is 0 Å². The molecule has 0 saturated heterocycles. The second-order valence-corrected chi connectivity index (χ2v) is 12.6. The van der Waals surface area contributed by atoms with Crippen LogP contribution in [-0.4, -0.2) is 0 Å². The molecule has 0 amide bonds. The molecule has 0 N–H and O–H groups in total. The van der Waals surface area contributed by atoms with Gasteiger partial charge in [0.2, 0.25) is 0 Å². The zero-order valence-corrected chi connectivity index (χ0v) is 26.8. The Balaban J connectivity index is 1.34. The van der Waals surface area contributed by atoms with E-state index in [0.717, 1.165) is 28.4 Å². The van der Waals surface area contributed by atoms with Crippen LogP contribution in [0, 0.1) is 0 Å². The zero-order chi connectivity index (χ0) is 58.6. The van der Waals surface area contributed by atoms with Crippen molar-refractivity contribution in [3.8, 4) is 11.1 Å². The molecular formula is C49H31NOS. The summed E-state index contributed by atoms with van der Waals surface area (Å²) in [5, 5.41) is -1.08. The van der Waals surface area contributed by atoms with Gasteiger partial charge in [-0.1, -0.05) is 133 Å². The molecule has 8 aromatic carbocycles. The number of hydrogen-bond acceptors (Lipinski definition) is 3. The molecule has 2 aromatic heterocycles. The lowest BCUT2D eigenvalue weighted by Crippen LogP contribution is -2.28. The van der Waals surface area contributed by atoms with Crippen LogP contribution >= 0.6 is 11.3 Å². The SMILES string of the molecule is [2H]c1cc(C2(c3c([2H])c([2H])c([2H])c([2H])c3[2H])c3c([2H])c([2H])c([2H])c([2H])c3-c3c([2H])c([2H])c([2H])c([2H])c32)cc([2H])c1N(c1cc2sc3c([2H])c([2H])c([2H])c([2H])c3c2c([2H])c1[2H])c1c([2H])c([2H])c2c(oc3c([2H])c([2H])c([2H])c([2H])c32)c1[2H]. The summed E-state index contributed by atoms with van der Waals surface area (Å²) in [6.07, 6.45) is 0. The van der Waals surface area contributed by atoms with E-state index in [-0.39, 0.29) is 25.6 Å². The minimum atomic E-state index is -2.88. The Morgan fingerprint density at radius 1 is 0.462 bits per heavy atom. The fourth-order valence-electron chi connectivity index (χ4n) is 6.75. The van der Waals surface area contributed by atoms with E-state index in [9.17, 15) is 17.8 Å². The first-order valence-electron chi connectivity index (χ1n) is 29.5. The van der Waals surface area contributed by atoms with Crippen LogP contribution in [0.2, 0.25) is 0 Å². The summed E-state index contributed by atoms with van der Waals surface area (Å²) in [6, 6.07) is -20.6. The second-order valence-electron chi connectivity index (χ2n) is 11.5. The van der Waals surface area contributed by atoms with Crippen molar-refractivity contribution in [2.45, 2.75) is 5.41 Å². The molecule has 244 valence electrons. The monoisotopic (exact) mass is 709 g/mol. The topological polar surface area (TPSA) is 16.4 Å². The van der Waals surface area contributed by atoms with E-state index in [1.807, 2.05) is 0 Å². The Hall–Kier alpha value is -6.42. The largest absolute Gasteiger partial charge is 0.456 e. The number of thiophene rings is 1. The molecule has 0 saturated carbocycles. The highest BCUT2D eigenvalue weighted by Crippen LogP contribution is 2.56. The van der Waals surface area contributed by atoms with Crippen LogP contribution in [0.3, 0.4) is 0 Å². The lowest BCUT2D eigenvalue weighted by molar-refractivity contribution is 0.669. The Morgan fingerprint density at radius 3 is 1.85 bits per heavy atom. The van der Waals surface area contributed by atoms with Gasteiger partial charge >= 0.3 is 0 Å². The Morgan fingerprint density at radius 2 is 1.06 bits per heavy atom. The molecular weight excluding hydrogens is 651 g/mol. The van der Waals surface area contributed by atoms with Crippen LogP contribution in [0.25, 0.3) is 53.2 Å². The Bertz CT molecular complexity index is 4480. The third-order valence-electron chi connectivity index (χ3n) is 8.92. The highest BCUT2D eigenvalue weighted by Gasteiger charge is 2.45. The van der Waals surface area contributed by atoms with E-state index in [1.54, 1.807) is 0 Å². The highest BCUT2D eigenvalue weighted by atomic mass is 32.1. The van der Waals surface area contributed by atoms with Gasteiger partial charge in [0, 0.05) is 54.0 Å². The Labute approximate surface area is 344 Å². The molecule has 0 bridgehead atoms. The first kappa shape index (κ1) is 13.0. The van der Waals surface area contributed by atoms with Crippen LogP contribution in [0.4, 0.5) is 17.1 Å². The van der Waals surface area contributed by atoms with Crippen LogP contribution < -0.4 is 4.90 Å². The fraction of sp³-hybridized carbons (Fsp3) is 0.0204. The van der Waals surface area contributed by atoms with Gasteiger partial charge in [-0.3, -0.25) is 0 Å². The molecule has 10 aromatic rings. The summed E-state index contributed by atoms with van der Waals surface area (Å²) >= 11 is 0.756. The molecule has 0 fully saturated rings. The van der Waals surface area contributed by atoms with Crippen LogP contribution in [-0.2, 0) is 5.41 Å². The summed E-state index contributed by atoms with van der Waals surface area (Å²) in [5.41, 5.74) is -9.91. The van der Waals surface area contributed by atoms with Gasteiger partial charge in [-0.2, -0.15) is 0 Å². The molecule has 0 atom stereocenters. The van der Waals surface area contributed by atoms with E-state index < -0.39 is 242 Å². The number of anilines is 3. The molecule has 0 unspecified atom stereocenters. The van der Waals surface area contributed by atoms with Gasteiger partial charge in [0.25, 0.3) is 0 Å². The number of hydrogen-bond donors (Lipinski definition) is 0. The molecule has 1 aliphatic carbocycles. The number of furan rings is 1. The van der Waals surface area contributed by atoms with Gasteiger partial charge in [-0.25, -0.2) is 0 Å². The van der Waals surface area contributed by atoms with Gasteiger partial charge in [0.05, 0.1) is 43.8 Å². The third kappa shape index (κ3) is 4.17. The molecule has 0 radical (unpaired) electrons. The quantitative estimate of drug-likeness (QED) is 0.177.